The summed E-state index contributed by atoms with van der Waals surface area (Å²) in [6.45, 7) is 0.521. The zero-order chi connectivity index (χ0) is 16.5. The minimum atomic E-state index is -1.72. The van der Waals surface area contributed by atoms with Crippen molar-refractivity contribution in [2.24, 2.45) is 4.99 Å². The Kier molecular flexibility index (Phi) is 6.77. The van der Waals surface area contributed by atoms with Gasteiger partial charge >= 0.3 is 0 Å². The van der Waals surface area contributed by atoms with Gasteiger partial charge in [0.1, 0.15) is 11.5 Å². The largest absolute Gasteiger partial charge is 0.508 e. The number of aliphatic imine (C=N–C) groups is 1. The zero-order valence-corrected chi connectivity index (χ0v) is 13.4. The fraction of sp³-hybridized carbons (Fsp3) is 0.235. The fourth-order valence-electron chi connectivity index (χ4n) is 1.86. The molecule has 2 aromatic carbocycles. The second-order valence-electron chi connectivity index (χ2n) is 4.92. The van der Waals surface area contributed by atoms with Crippen molar-refractivity contribution in [2.75, 3.05) is 12.4 Å². The van der Waals surface area contributed by atoms with E-state index in [-0.39, 0.29) is 11.5 Å². The number of hydrogen-bond donors (Lipinski definition) is 2. The van der Waals surface area contributed by atoms with Crippen LogP contribution < -0.4 is 4.74 Å². The normalized spacial score (nSPS) is 12.4. The quantitative estimate of drug-likeness (QED) is 0.440. The van der Waals surface area contributed by atoms with Crippen LogP contribution >= 0.6 is 0 Å². The van der Waals surface area contributed by atoms with Gasteiger partial charge in [-0.1, -0.05) is 0 Å². The molecule has 0 aromatic heterocycles. The van der Waals surface area contributed by atoms with E-state index >= 15 is 0 Å². The van der Waals surface area contributed by atoms with Crippen molar-refractivity contribution in [1.29, 1.82) is 0 Å². The molecule has 0 saturated carbocycles. The highest BCUT2D eigenvalue weighted by atomic mass is 32.2. The first-order valence-electron chi connectivity index (χ1n) is 7.27. The van der Waals surface area contributed by atoms with Gasteiger partial charge in [-0.3, -0.25) is 4.99 Å². The van der Waals surface area contributed by atoms with Gasteiger partial charge in [-0.05, 0) is 66.9 Å². The van der Waals surface area contributed by atoms with Crippen LogP contribution in [0.1, 0.15) is 18.4 Å². The minimum absolute atomic E-state index is 0.230. The molecule has 0 bridgehead atoms. The Labute approximate surface area is 137 Å². The highest BCUT2D eigenvalue weighted by Gasteiger charge is 1.97. The van der Waals surface area contributed by atoms with E-state index in [0.29, 0.717) is 13.0 Å². The highest BCUT2D eigenvalue weighted by molar-refractivity contribution is 7.79. The Hall–Kier alpha value is -2.18. The summed E-state index contributed by atoms with van der Waals surface area (Å²) in [5.74, 6) is 1.27. The molecule has 0 aliphatic rings. The molecule has 1 unspecified atom stereocenters. The number of phenols is 1. The number of aromatic hydroxyl groups is 1. The van der Waals surface area contributed by atoms with E-state index in [1.54, 1.807) is 30.5 Å². The van der Waals surface area contributed by atoms with Gasteiger partial charge in [-0.25, -0.2) is 4.21 Å². The first-order valence-corrected chi connectivity index (χ1v) is 8.54. The van der Waals surface area contributed by atoms with Crippen LogP contribution in [0.2, 0.25) is 0 Å². The highest BCUT2D eigenvalue weighted by Crippen LogP contribution is 2.18. The van der Waals surface area contributed by atoms with Crippen molar-refractivity contribution in [3.05, 3.63) is 54.1 Å². The van der Waals surface area contributed by atoms with Crippen LogP contribution in [0.5, 0.6) is 11.5 Å². The van der Waals surface area contributed by atoms with E-state index in [4.69, 9.17) is 9.29 Å². The maximum absolute atomic E-state index is 10.5. The SMILES string of the molecule is O=S(O)CCCCOc1ccc(N=Cc2ccc(O)cc2)cc1. The first kappa shape index (κ1) is 17.2. The lowest BCUT2D eigenvalue weighted by Crippen LogP contribution is -2.01. The molecule has 1 atom stereocenters. The molecule has 0 heterocycles. The van der Waals surface area contributed by atoms with Gasteiger partial charge in [0.25, 0.3) is 0 Å². The molecule has 0 fully saturated rings. The van der Waals surface area contributed by atoms with E-state index in [0.717, 1.165) is 23.4 Å². The molecule has 2 N–H and O–H groups in total. The Morgan fingerprint density at radius 1 is 1.04 bits per heavy atom. The second kappa shape index (κ2) is 9.07. The van der Waals surface area contributed by atoms with Gasteiger partial charge in [-0.15, -0.1) is 0 Å². The summed E-state index contributed by atoms with van der Waals surface area (Å²) in [6, 6.07) is 14.2. The van der Waals surface area contributed by atoms with Crippen molar-refractivity contribution < 1.29 is 18.6 Å². The van der Waals surface area contributed by atoms with E-state index < -0.39 is 11.1 Å². The lowest BCUT2D eigenvalue weighted by Gasteiger charge is -2.05. The van der Waals surface area contributed by atoms with Crippen LogP contribution in [0.4, 0.5) is 5.69 Å². The lowest BCUT2D eigenvalue weighted by atomic mass is 10.2. The van der Waals surface area contributed by atoms with Crippen LogP contribution in [-0.4, -0.2) is 32.4 Å². The average molecular weight is 333 g/mol. The number of nitrogens with zero attached hydrogens (tertiary/aromatic N) is 1. The topological polar surface area (TPSA) is 79.1 Å². The molecule has 0 aliphatic carbocycles. The average Bonchev–Trinajstić information content (AvgIpc) is 2.55. The molecule has 0 spiro atoms. The minimum Gasteiger partial charge on any atom is -0.508 e. The molecule has 5 nitrogen and oxygen atoms in total. The smallest absolute Gasteiger partial charge is 0.152 e. The molecule has 0 aliphatic heterocycles. The molecule has 6 heteroatoms. The predicted octanol–water partition coefficient (Wildman–Crippen LogP) is 3.52. The third kappa shape index (κ3) is 6.63. The molecule has 0 radical (unpaired) electrons. The Balaban J connectivity index is 1.80. The second-order valence-corrected chi connectivity index (χ2v) is 5.98. The Morgan fingerprint density at radius 2 is 1.74 bits per heavy atom. The van der Waals surface area contributed by atoms with E-state index in [2.05, 4.69) is 4.99 Å². The Bertz CT molecular complexity index is 653. The van der Waals surface area contributed by atoms with Crippen LogP contribution in [0.15, 0.2) is 53.5 Å². The molecule has 0 saturated heterocycles. The van der Waals surface area contributed by atoms with Crippen LogP contribution in [0, 0.1) is 0 Å². The van der Waals surface area contributed by atoms with E-state index in [1.807, 2.05) is 24.3 Å². The summed E-state index contributed by atoms with van der Waals surface area (Å²) in [5.41, 5.74) is 1.71. The number of ether oxygens (including phenoxy) is 1. The van der Waals surface area contributed by atoms with Gasteiger partial charge in [0, 0.05) is 12.0 Å². The number of unbranched alkanes of at least 4 members (excludes halogenated alkanes) is 1. The molecule has 122 valence electrons. The number of hydrogen-bond acceptors (Lipinski definition) is 4. The molecule has 2 aromatic rings. The van der Waals surface area contributed by atoms with Crippen LogP contribution in [0.3, 0.4) is 0 Å². The van der Waals surface area contributed by atoms with Gasteiger partial charge < -0.3 is 14.4 Å². The summed E-state index contributed by atoms with van der Waals surface area (Å²) < 4.78 is 24.7. The number of phenolic OH excluding ortho intramolecular Hbond substituents is 1. The van der Waals surface area contributed by atoms with Crippen LogP contribution in [-0.2, 0) is 11.1 Å². The standard InChI is InChI=1S/C17H19NO4S/c19-16-7-3-14(4-8-16)13-18-15-5-9-17(10-6-15)22-11-1-2-12-23(20)21/h3-10,13,19H,1-2,11-12H2,(H,20,21). The summed E-state index contributed by atoms with van der Waals surface area (Å²) in [5, 5.41) is 9.22. The van der Waals surface area contributed by atoms with Crippen molar-refractivity contribution in [3.63, 3.8) is 0 Å². The maximum Gasteiger partial charge on any atom is 0.152 e. The van der Waals surface area contributed by atoms with Crippen molar-refractivity contribution >= 4 is 23.0 Å². The van der Waals surface area contributed by atoms with Crippen molar-refractivity contribution in [3.8, 4) is 11.5 Å². The zero-order valence-electron chi connectivity index (χ0n) is 12.6. The van der Waals surface area contributed by atoms with Crippen LogP contribution in [0.25, 0.3) is 0 Å². The molecule has 23 heavy (non-hydrogen) atoms. The summed E-state index contributed by atoms with van der Waals surface area (Å²) >= 11 is -1.72. The third-order valence-corrected chi connectivity index (χ3v) is 3.71. The maximum atomic E-state index is 10.5. The third-order valence-electron chi connectivity index (χ3n) is 3.07. The summed E-state index contributed by atoms with van der Waals surface area (Å²) in [7, 11) is 0. The fourth-order valence-corrected chi connectivity index (χ4v) is 2.31. The molecular formula is C17H19NO4S. The summed E-state index contributed by atoms with van der Waals surface area (Å²) in [6.07, 6.45) is 3.13. The van der Waals surface area contributed by atoms with Crippen molar-refractivity contribution in [2.45, 2.75) is 12.8 Å². The Morgan fingerprint density at radius 3 is 2.39 bits per heavy atom. The van der Waals surface area contributed by atoms with Gasteiger partial charge in [0.05, 0.1) is 12.3 Å². The van der Waals surface area contributed by atoms with E-state index in [1.165, 1.54) is 0 Å². The monoisotopic (exact) mass is 333 g/mol. The molecule has 2 rings (SSSR count). The van der Waals surface area contributed by atoms with Gasteiger partial charge in [-0.2, -0.15) is 0 Å². The van der Waals surface area contributed by atoms with Gasteiger partial charge in [0.2, 0.25) is 0 Å². The number of rotatable bonds is 8. The predicted molar refractivity (Wildman–Crippen MR) is 92.2 cm³/mol. The molecular weight excluding hydrogens is 314 g/mol. The first-order chi connectivity index (χ1) is 11.1. The van der Waals surface area contributed by atoms with E-state index in [9.17, 15) is 9.32 Å². The number of benzene rings is 2. The van der Waals surface area contributed by atoms with Crippen molar-refractivity contribution in [1.82, 2.24) is 0 Å². The lowest BCUT2D eigenvalue weighted by molar-refractivity contribution is 0.309. The molecule has 0 amide bonds. The van der Waals surface area contributed by atoms with Gasteiger partial charge in [0.15, 0.2) is 11.1 Å². The summed E-state index contributed by atoms with van der Waals surface area (Å²) in [4.78, 5) is 4.35.